The first-order valence-electron chi connectivity index (χ1n) is 8.05. The highest BCUT2D eigenvalue weighted by atomic mass is 16.1. The van der Waals surface area contributed by atoms with E-state index in [0.29, 0.717) is 13.1 Å². The topological polar surface area (TPSA) is 41.4 Å². The number of para-hydroxylation sites is 1. The fourth-order valence-corrected chi connectivity index (χ4v) is 2.72. The molecule has 0 aliphatic rings. The van der Waals surface area contributed by atoms with Gasteiger partial charge in [0.15, 0.2) is 5.82 Å². The van der Waals surface area contributed by atoms with Gasteiger partial charge in [-0.15, -0.1) is 0 Å². The molecule has 0 unspecified atom stereocenters. The largest absolute Gasteiger partial charge is 0.308 e. The summed E-state index contributed by atoms with van der Waals surface area (Å²) in [5.74, 6) is 0.721. The van der Waals surface area contributed by atoms with E-state index >= 15 is 0 Å². The number of fused-ring (bicyclic) bond motifs is 1. The first-order chi connectivity index (χ1) is 11.7. The van der Waals surface area contributed by atoms with E-state index in [1.807, 2.05) is 61.2 Å². The number of nitrogens with zero attached hydrogens (tertiary/aromatic N) is 4. The maximum atomic E-state index is 11.6. The normalized spacial score (nSPS) is 11.1. The van der Waals surface area contributed by atoms with Crippen LogP contribution in [0, 0.1) is 0 Å². The average Bonchev–Trinajstić information content (AvgIpc) is 2.95. The highest BCUT2D eigenvalue weighted by Crippen LogP contribution is 2.26. The molecule has 0 fully saturated rings. The van der Waals surface area contributed by atoms with Crippen molar-refractivity contribution in [1.82, 2.24) is 14.7 Å². The molecule has 0 N–H and O–H groups in total. The minimum Gasteiger partial charge on any atom is -0.308 e. The van der Waals surface area contributed by atoms with E-state index < -0.39 is 0 Å². The zero-order valence-corrected chi connectivity index (χ0v) is 14.1. The van der Waals surface area contributed by atoms with Gasteiger partial charge in [-0.3, -0.25) is 14.4 Å². The van der Waals surface area contributed by atoms with Crippen molar-refractivity contribution in [2.75, 3.05) is 32.1 Å². The Hall–Kier alpha value is -2.66. The number of rotatable bonds is 7. The van der Waals surface area contributed by atoms with Crippen molar-refractivity contribution >= 4 is 23.1 Å². The smallest absolute Gasteiger partial charge is 0.215 e. The third-order valence-corrected chi connectivity index (χ3v) is 4.00. The van der Waals surface area contributed by atoms with Crippen LogP contribution in [0.1, 0.15) is 5.56 Å². The lowest BCUT2D eigenvalue weighted by Gasteiger charge is -2.17. The van der Waals surface area contributed by atoms with Gasteiger partial charge in [0, 0.05) is 18.5 Å². The Morgan fingerprint density at radius 2 is 1.71 bits per heavy atom. The molecule has 0 radical (unpaired) electrons. The third-order valence-electron chi connectivity index (χ3n) is 4.00. The van der Waals surface area contributed by atoms with Crippen LogP contribution in [0.3, 0.4) is 0 Å². The van der Waals surface area contributed by atoms with Gasteiger partial charge in [-0.1, -0.05) is 42.5 Å². The van der Waals surface area contributed by atoms with Gasteiger partial charge in [-0.05, 0) is 31.8 Å². The lowest BCUT2D eigenvalue weighted by molar-refractivity contribution is -0.107. The Bertz CT molecular complexity index is 811. The van der Waals surface area contributed by atoms with Gasteiger partial charge in [-0.2, -0.15) is 5.10 Å². The summed E-state index contributed by atoms with van der Waals surface area (Å²) in [7, 11) is 3.99. The molecule has 0 aliphatic carbocycles. The van der Waals surface area contributed by atoms with Gasteiger partial charge in [0.1, 0.15) is 0 Å². The second kappa shape index (κ2) is 7.27. The molecular formula is C19H22N4O. The summed E-state index contributed by atoms with van der Waals surface area (Å²) < 4.78 is 1.96. The van der Waals surface area contributed by atoms with Crippen LogP contribution in [0.2, 0.25) is 0 Å². The van der Waals surface area contributed by atoms with E-state index in [-0.39, 0.29) is 0 Å². The predicted molar refractivity (Wildman–Crippen MR) is 97.2 cm³/mol. The molecule has 2 aromatic carbocycles. The number of benzene rings is 2. The Balaban J connectivity index is 1.98. The van der Waals surface area contributed by atoms with Crippen LogP contribution in [0.15, 0.2) is 54.6 Å². The van der Waals surface area contributed by atoms with Crippen LogP contribution in [-0.4, -0.2) is 48.3 Å². The molecule has 0 atom stereocenters. The van der Waals surface area contributed by atoms with Gasteiger partial charge in [0.25, 0.3) is 0 Å². The Morgan fingerprint density at radius 3 is 2.42 bits per heavy atom. The molecular weight excluding hydrogens is 300 g/mol. The quantitative estimate of drug-likeness (QED) is 0.628. The number of carbonyl (C=O) groups is 1. The molecule has 0 aliphatic heterocycles. The van der Waals surface area contributed by atoms with E-state index in [0.717, 1.165) is 29.7 Å². The standard InChI is InChI=1S/C19H22N4O/c1-21(2)12-13-22(15-24)19-17-10-6-7-11-18(17)23(20-19)14-16-8-4-3-5-9-16/h3-11,15H,12-14H2,1-2H3. The molecule has 0 saturated carbocycles. The van der Waals surface area contributed by atoms with E-state index in [9.17, 15) is 4.79 Å². The maximum Gasteiger partial charge on any atom is 0.215 e. The SMILES string of the molecule is CN(C)CCN(C=O)c1nn(Cc2ccccc2)c2ccccc12. The minimum atomic E-state index is 0.614. The number of amides is 1. The number of hydrogen-bond acceptors (Lipinski definition) is 3. The van der Waals surface area contributed by atoms with E-state index in [1.54, 1.807) is 4.90 Å². The van der Waals surface area contributed by atoms with Gasteiger partial charge >= 0.3 is 0 Å². The molecule has 1 heterocycles. The number of likely N-dealkylation sites (N-methyl/N-ethyl adjacent to an activating group) is 1. The van der Waals surface area contributed by atoms with Gasteiger partial charge in [-0.25, -0.2) is 0 Å². The lowest BCUT2D eigenvalue weighted by Crippen LogP contribution is -2.31. The summed E-state index contributed by atoms with van der Waals surface area (Å²) in [4.78, 5) is 15.3. The number of carbonyl (C=O) groups excluding carboxylic acids is 1. The summed E-state index contributed by atoms with van der Waals surface area (Å²) in [5.41, 5.74) is 2.22. The fourth-order valence-electron chi connectivity index (χ4n) is 2.72. The van der Waals surface area contributed by atoms with Crippen LogP contribution in [-0.2, 0) is 11.3 Å². The summed E-state index contributed by atoms with van der Waals surface area (Å²) in [6.07, 6.45) is 0.866. The molecule has 1 amide bonds. The van der Waals surface area contributed by atoms with Crippen LogP contribution in [0.4, 0.5) is 5.82 Å². The zero-order valence-electron chi connectivity index (χ0n) is 14.1. The number of anilines is 1. The van der Waals surface area contributed by atoms with Crippen molar-refractivity contribution < 1.29 is 4.79 Å². The fraction of sp³-hybridized carbons (Fsp3) is 0.263. The number of hydrogen-bond donors (Lipinski definition) is 0. The monoisotopic (exact) mass is 322 g/mol. The summed E-state index contributed by atoms with van der Waals surface area (Å²) in [5, 5.41) is 5.73. The van der Waals surface area contributed by atoms with E-state index in [1.165, 1.54) is 5.56 Å². The van der Waals surface area contributed by atoms with Crippen molar-refractivity contribution in [2.24, 2.45) is 0 Å². The van der Waals surface area contributed by atoms with Crippen molar-refractivity contribution in [3.05, 3.63) is 60.2 Å². The summed E-state index contributed by atoms with van der Waals surface area (Å²) in [6.45, 7) is 2.09. The molecule has 5 heteroatoms. The highest BCUT2D eigenvalue weighted by molar-refractivity contribution is 5.95. The van der Waals surface area contributed by atoms with Gasteiger partial charge in [0.2, 0.25) is 6.41 Å². The maximum absolute atomic E-state index is 11.6. The van der Waals surface area contributed by atoms with Crippen LogP contribution >= 0.6 is 0 Å². The highest BCUT2D eigenvalue weighted by Gasteiger charge is 2.16. The first-order valence-corrected chi connectivity index (χ1v) is 8.05. The van der Waals surface area contributed by atoms with Gasteiger partial charge < -0.3 is 4.90 Å². The Labute approximate surface area is 142 Å². The molecule has 124 valence electrons. The van der Waals surface area contributed by atoms with E-state index in [2.05, 4.69) is 17.0 Å². The van der Waals surface area contributed by atoms with Crippen molar-refractivity contribution in [3.63, 3.8) is 0 Å². The Morgan fingerprint density at radius 1 is 1.00 bits per heavy atom. The van der Waals surface area contributed by atoms with Crippen molar-refractivity contribution in [3.8, 4) is 0 Å². The number of aromatic nitrogens is 2. The Kier molecular flexibility index (Phi) is 4.91. The van der Waals surface area contributed by atoms with E-state index in [4.69, 9.17) is 5.10 Å². The molecule has 24 heavy (non-hydrogen) atoms. The zero-order chi connectivity index (χ0) is 16.9. The molecule has 3 rings (SSSR count). The third kappa shape index (κ3) is 3.46. The summed E-state index contributed by atoms with van der Waals surface area (Å²) in [6, 6.07) is 18.3. The van der Waals surface area contributed by atoms with Crippen LogP contribution in [0.25, 0.3) is 10.9 Å². The summed E-state index contributed by atoms with van der Waals surface area (Å²) >= 11 is 0. The van der Waals surface area contributed by atoms with Crippen LogP contribution < -0.4 is 4.90 Å². The lowest BCUT2D eigenvalue weighted by atomic mass is 10.2. The second-order valence-electron chi connectivity index (χ2n) is 6.09. The molecule has 1 aromatic heterocycles. The van der Waals surface area contributed by atoms with Crippen molar-refractivity contribution in [2.45, 2.75) is 6.54 Å². The molecule has 0 bridgehead atoms. The predicted octanol–water partition coefficient (Wildman–Crippen LogP) is 2.61. The molecule has 0 saturated heterocycles. The molecule has 3 aromatic rings. The van der Waals surface area contributed by atoms with Crippen molar-refractivity contribution in [1.29, 1.82) is 0 Å². The second-order valence-corrected chi connectivity index (χ2v) is 6.09. The first kappa shape index (κ1) is 16.2. The van der Waals surface area contributed by atoms with Gasteiger partial charge in [0.05, 0.1) is 12.1 Å². The molecule has 0 spiro atoms. The molecule has 5 nitrogen and oxygen atoms in total. The minimum absolute atomic E-state index is 0.614. The van der Waals surface area contributed by atoms with Crippen LogP contribution in [0.5, 0.6) is 0 Å². The average molecular weight is 322 g/mol.